The highest BCUT2D eigenvalue weighted by molar-refractivity contribution is 5.64. The molecular formula is C14H17NO2. The lowest BCUT2D eigenvalue weighted by Gasteiger charge is -2.29. The van der Waals surface area contributed by atoms with E-state index < -0.39 is 0 Å². The van der Waals surface area contributed by atoms with Gasteiger partial charge in [-0.2, -0.15) is 0 Å². The molecule has 1 fully saturated rings. The highest BCUT2D eigenvalue weighted by Crippen LogP contribution is 2.33. The third-order valence-corrected chi connectivity index (χ3v) is 3.87. The lowest BCUT2D eigenvalue weighted by atomic mass is 9.88. The van der Waals surface area contributed by atoms with Gasteiger partial charge in [0.1, 0.15) is 6.29 Å². The highest BCUT2D eigenvalue weighted by atomic mass is 16.5. The zero-order chi connectivity index (χ0) is 11.7. The molecule has 0 bridgehead atoms. The molecule has 0 saturated carbocycles. The summed E-state index contributed by atoms with van der Waals surface area (Å²) in [5, 5.41) is 0. The molecule has 1 unspecified atom stereocenters. The quantitative estimate of drug-likeness (QED) is 0.741. The van der Waals surface area contributed by atoms with Crippen molar-refractivity contribution in [1.29, 1.82) is 0 Å². The van der Waals surface area contributed by atoms with Gasteiger partial charge in [-0.25, -0.2) is 0 Å². The Morgan fingerprint density at radius 1 is 1.41 bits per heavy atom. The zero-order valence-electron chi connectivity index (χ0n) is 9.89. The Kier molecular flexibility index (Phi) is 2.63. The Morgan fingerprint density at radius 2 is 2.29 bits per heavy atom. The van der Waals surface area contributed by atoms with Crippen molar-refractivity contribution in [2.75, 3.05) is 31.2 Å². The van der Waals surface area contributed by atoms with E-state index in [0.29, 0.717) is 13.2 Å². The number of carbonyl (C=O) groups excluding carboxylic acids is 1. The summed E-state index contributed by atoms with van der Waals surface area (Å²) in [6, 6.07) is 8.47. The molecular weight excluding hydrogens is 214 g/mol. The Hall–Kier alpha value is -1.35. The van der Waals surface area contributed by atoms with Crippen molar-refractivity contribution in [3.05, 3.63) is 29.8 Å². The fourth-order valence-electron chi connectivity index (χ4n) is 2.83. The smallest absolute Gasteiger partial charge is 0.130 e. The standard InChI is InChI=1S/C14H17NO2/c16-10-14(6-8-17-11-14)9-15-7-5-12-3-1-2-4-13(12)15/h1-4,10H,5-9,11H2. The van der Waals surface area contributed by atoms with Gasteiger partial charge in [-0.3, -0.25) is 0 Å². The van der Waals surface area contributed by atoms with Crippen LogP contribution in [0.4, 0.5) is 5.69 Å². The highest BCUT2D eigenvalue weighted by Gasteiger charge is 2.37. The van der Waals surface area contributed by atoms with Gasteiger partial charge in [-0.15, -0.1) is 0 Å². The van der Waals surface area contributed by atoms with Gasteiger partial charge in [0.25, 0.3) is 0 Å². The van der Waals surface area contributed by atoms with Crippen LogP contribution in [0.2, 0.25) is 0 Å². The van der Waals surface area contributed by atoms with Crippen LogP contribution in [0.1, 0.15) is 12.0 Å². The molecule has 90 valence electrons. The van der Waals surface area contributed by atoms with Gasteiger partial charge < -0.3 is 14.4 Å². The van der Waals surface area contributed by atoms with Gasteiger partial charge in [0.15, 0.2) is 0 Å². The van der Waals surface area contributed by atoms with Crippen LogP contribution < -0.4 is 4.90 Å². The number of ether oxygens (including phenoxy) is 1. The van der Waals surface area contributed by atoms with Crippen LogP contribution in [0, 0.1) is 5.41 Å². The summed E-state index contributed by atoms with van der Waals surface area (Å²) >= 11 is 0. The molecule has 0 spiro atoms. The lowest BCUT2D eigenvalue weighted by Crippen LogP contribution is -2.38. The fraction of sp³-hybridized carbons (Fsp3) is 0.500. The second-order valence-corrected chi connectivity index (χ2v) is 5.08. The summed E-state index contributed by atoms with van der Waals surface area (Å²) < 4.78 is 5.39. The summed E-state index contributed by atoms with van der Waals surface area (Å²) in [4.78, 5) is 13.7. The number of fused-ring (bicyclic) bond motifs is 1. The molecule has 0 N–H and O–H groups in total. The molecule has 17 heavy (non-hydrogen) atoms. The maximum atomic E-state index is 11.3. The number of anilines is 1. The number of rotatable bonds is 3. The van der Waals surface area contributed by atoms with E-state index in [2.05, 4.69) is 29.2 Å². The molecule has 3 heteroatoms. The number of carbonyl (C=O) groups is 1. The second kappa shape index (κ2) is 4.15. The molecule has 1 saturated heterocycles. The van der Waals surface area contributed by atoms with Gasteiger partial charge in [-0.1, -0.05) is 18.2 Å². The SMILES string of the molecule is O=CC1(CN2CCc3ccccc32)CCOC1. The van der Waals surface area contributed by atoms with Crippen LogP contribution in [0.25, 0.3) is 0 Å². The van der Waals surface area contributed by atoms with E-state index in [1.165, 1.54) is 11.3 Å². The zero-order valence-corrected chi connectivity index (χ0v) is 9.89. The van der Waals surface area contributed by atoms with Crippen LogP contribution in [0.5, 0.6) is 0 Å². The first-order valence-electron chi connectivity index (χ1n) is 6.20. The number of aldehydes is 1. The number of hydrogen-bond donors (Lipinski definition) is 0. The minimum atomic E-state index is -0.280. The van der Waals surface area contributed by atoms with E-state index in [1.807, 2.05) is 0 Å². The van der Waals surface area contributed by atoms with E-state index in [4.69, 9.17) is 4.74 Å². The lowest BCUT2D eigenvalue weighted by molar-refractivity contribution is -0.115. The first kappa shape index (κ1) is 10.8. The second-order valence-electron chi connectivity index (χ2n) is 5.08. The molecule has 3 rings (SSSR count). The number of nitrogens with zero attached hydrogens (tertiary/aromatic N) is 1. The maximum Gasteiger partial charge on any atom is 0.130 e. The van der Waals surface area contributed by atoms with Crippen molar-refractivity contribution in [3.8, 4) is 0 Å². The molecule has 0 amide bonds. The largest absolute Gasteiger partial charge is 0.380 e. The molecule has 0 aromatic heterocycles. The summed E-state index contributed by atoms with van der Waals surface area (Å²) in [5.74, 6) is 0. The van der Waals surface area contributed by atoms with E-state index in [9.17, 15) is 4.79 Å². The summed E-state index contributed by atoms with van der Waals surface area (Å²) in [5.41, 5.74) is 2.41. The Bertz CT molecular complexity index is 424. The number of para-hydroxylation sites is 1. The van der Waals surface area contributed by atoms with Crippen molar-refractivity contribution in [3.63, 3.8) is 0 Å². The maximum absolute atomic E-state index is 11.3. The number of benzene rings is 1. The fourth-order valence-corrected chi connectivity index (χ4v) is 2.83. The van der Waals surface area contributed by atoms with Gasteiger partial charge in [-0.05, 0) is 24.5 Å². The van der Waals surface area contributed by atoms with Gasteiger partial charge >= 0.3 is 0 Å². The van der Waals surface area contributed by atoms with Gasteiger partial charge in [0.05, 0.1) is 12.0 Å². The molecule has 1 aromatic carbocycles. The molecule has 3 nitrogen and oxygen atoms in total. The van der Waals surface area contributed by atoms with Crippen LogP contribution in [0.3, 0.4) is 0 Å². The van der Waals surface area contributed by atoms with Crippen molar-refractivity contribution < 1.29 is 9.53 Å². The summed E-state index contributed by atoms with van der Waals surface area (Å²) in [6.45, 7) is 3.12. The molecule has 2 aliphatic rings. The van der Waals surface area contributed by atoms with E-state index in [1.54, 1.807) is 0 Å². The Morgan fingerprint density at radius 3 is 3.06 bits per heavy atom. The third-order valence-electron chi connectivity index (χ3n) is 3.87. The van der Waals surface area contributed by atoms with Crippen molar-refractivity contribution in [2.24, 2.45) is 5.41 Å². The van der Waals surface area contributed by atoms with Crippen molar-refractivity contribution in [1.82, 2.24) is 0 Å². The van der Waals surface area contributed by atoms with Crippen molar-refractivity contribution >= 4 is 12.0 Å². The summed E-state index contributed by atoms with van der Waals surface area (Å²) in [6.07, 6.45) is 3.04. The topological polar surface area (TPSA) is 29.5 Å². The normalized spacial score (nSPS) is 27.2. The molecule has 1 aromatic rings. The molecule has 0 aliphatic carbocycles. The minimum absolute atomic E-state index is 0.280. The van der Waals surface area contributed by atoms with E-state index in [-0.39, 0.29) is 5.41 Å². The van der Waals surface area contributed by atoms with E-state index >= 15 is 0 Å². The van der Waals surface area contributed by atoms with E-state index in [0.717, 1.165) is 32.2 Å². The average molecular weight is 231 g/mol. The molecule has 2 heterocycles. The van der Waals surface area contributed by atoms with Crippen LogP contribution >= 0.6 is 0 Å². The van der Waals surface area contributed by atoms with Crippen LogP contribution in [0.15, 0.2) is 24.3 Å². The summed E-state index contributed by atoms with van der Waals surface area (Å²) in [7, 11) is 0. The molecule has 0 radical (unpaired) electrons. The van der Waals surface area contributed by atoms with Crippen LogP contribution in [-0.4, -0.2) is 32.6 Å². The van der Waals surface area contributed by atoms with Crippen LogP contribution in [-0.2, 0) is 16.0 Å². The Labute approximate surface area is 101 Å². The first-order chi connectivity index (χ1) is 8.33. The average Bonchev–Trinajstić information content (AvgIpc) is 2.99. The predicted octanol–water partition coefficient (Wildman–Crippen LogP) is 1.65. The monoisotopic (exact) mass is 231 g/mol. The predicted molar refractivity (Wildman–Crippen MR) is 66.3 cm³/mol. The molecule has 2 aliphatic heterocycles. The minimum Gasteiger partial charge on any atom is -0.380 e. The molecule has 1 atom stereocenters. The third kappa shape index (κ3) is 1.84. The van der Waals surface area contributed by atoms with Gasteiger partial charge in [0, 0.05) is 25.4 Å². The number of hydrogen-bond acceptors (Lipinski definition) is 3. The Balaban J connectivity index is 1.81. The van der Waals surface area contributed by atoms with Crippen molar-refractivity contribution in [2.45, 2.75) is 12.8 Å². The first-order valence-corrected chi connectivity index (χ1v) is 6.20. The van der Waals surface area contributed by atoms with Gasteiger partial charge in [0.2, 0.25) is 0 Å².